The average Bonchev–Trinajstić information content (AvgIpc) is 2.27. The number of hydrogen-bond donors (Lipinski definition) is 1. The van der Waals surface area contributed by atoms with E-state index < -0.39 is 12.4 Å². The van der Waals surface area contributed by atoms with Crippen LogP contribution in [0.5, 0.6) is 0 Å². The SMILES string of the molecule is CO[C@@H]1[C@@H](OC)[C@@H](O)O[C@H](CI)[C@H]1OC. The minimum absolute atomic E-state index is 0.179. The third-order valence-electron chi connectivity index (χ3n) is 2.58. The predicted molar refractivity (Wildman–Crippen MR) is 62.2 cm³/mol. The van der Waals surface area contributed by atoms with Crippen molar-refractivity contribution in [3.63, 3.8) is 0 Å². The molecule has 1 rings (SSSR count). The van der Waals surface area contributed by atoms with Crippen LogP contribution in [0.1, 0.15) is 0 Å². The number of alkyl halides is 1. The van der Waals surface area contributed by atoms with E-state index in [9.17, 15) is 5.11 Å². The molecule has 1 aliphatic rings. The van der Waals surface area contributed by atoms with Crippen molar-refractivity contribution in [3.8, 4) is 0 Å². The summed E-state index contributed by atoms with van der Waals surface area (Å²) in [5.74, 6) is 0. The summed E-state index contributed by atoms with van der Waals surface area (Å²) in [7, 11) is 4.69. The molecule has 0 radical (unpaired) electrons. The zero-order valence-electron chi connectivity index (χ0n) is 9.05. The zero-order chi connectivity index (χ0) is 11.4. The number of aliphatic hydroxyl groups excluding tert-OH is 1. The molecule has 0 aromatic carbocycles. The van der Waals surface area contributed by atoms with Gasteiger partial charge in [0.05, 0.1) is 6.10 Å². The quantitative estimate of drug-likeness (QED) is 0.588. The van der Waals surface area contributed by atoms with Crippen molar-refractivity contribution >= 4 is 22.6 Å². The van der Waals surface area contributed by atoms with Crippen LogP contribution >= 0.6 is 22.6 Å². The molecule has 90 valence electrons. The Labute approximate surface area is 103 Å². The second kappa shape index (κ2) is 6.31. The van der Waals surface area contributed by atoms with Crippen molar-refractivity contribution in [3.05, 3.63) is 0 Å². The van der Waals surface area contributed by atoms with Crippen LogP contribution in [0.25, 0.3) is 0 Å². The third-order valence-corrected chi connectivity index (χ3v) is 3.45. The standard InChI is InChI=1S/C9H17IO5/c1-12-6-5(4-10)15-9(11)8(14-3)7(6)13-2/h5-9,11H,4H2,1-3H3/t5-,6-,7+,8-,9+/m1/s1. The summed E-state index contributed by atoms with van der Waals surface area (Å²) in [5.41, 5.74) is 0. The highest BCUT2D eigenvalue weighted by molar-refractivity contribution is 14.1. The fourth-order valence-electron chi connectivity index (χ4n) is 1.82. The molecular weight excluding hydrogens is 315 g/mol. The smallest absolute Gasteiger partial charge is 0.184 e. The highest BCUT2D eigenvalue weighted by Crippen LogP contribution is 2.26. The Morgan fingerprint density at radius 3 is 2.00 bits per heavy atom. The van der Waals surface area contributed by atoms with Gasteiger partial charge in [0.15, 0.2) is 6.29 Å². The molecule has 1 saturated heterocycles. The van der Waals surface area contributed by atoms with Gasteiger partial charge in [-0.1, -0.05) is 22.6 Å². The van der Waals surface area contributed by atoms with E-state index in [2.05, 4.69) is 22.6 Å². The monoisotopic (exact) mass is 332 g/mol. The maximum absolute atomic E-state index is 9.70. The topological polar surface area (TPSA) is 57.2 Å². The van der Waals surface area contributed by atoms with Crippen LogP contribution in [0, 0.1) is 0 Å². The van der Waals surface area contributed by atoms with E-state index in [0.717, 1.165) is 4.43 Å². The van der Waals surface area contributed by atoms with Gasteiger partial charge >= 0.3 is 0 Å². The minimum Gasteiger partial charge on any atom is -0.376 e. The lowest BCUT2D eigenvalue weighted by atomic mass is 9.99. The Balaban J connectivity index is 2.80. The summed E-state index contributed by atoms with van der Waals surface area (Å²) >= 11 is 2.19. The van der Waals surface area contributed by atoms with Gasteiger partial charge in [-0.25, -0.2) is 0 Å². The summed E-state index contributed by atoms with van der Waals surface area (Å²) < 4.78 is 21.9. The Morgan fingerprint density at radius 1 is 1.07 bits per heavy atom. The van der Waals surface area contributed by atoms with Crippen molar-refractivity contribution in [2.75, 3.05) is 25.8 Å². The summed E-state index contributed by atoms with van der Waals surface area (Å²) in [6.07, 6.45) is -2.20. The molecule has 1 heterocycles. The molecule has 0 bridgehead atoms. The number of hydrogen-bond acceptors (Lipinski definition) is 5. The minimum atomic E-state index is -0.967. The first kappa shape index (κ1) is 13.6. The molecule has 0 spiro atoms. The predicted octanol–water partition coefficient (Wildman–Crippen LogP) is 0.184. The van der Waals surface area contributed by atoms with Gasteiger partial charge in [-0.3, -0.25) is 0 Å². The third kappa shape index (κ3) is 2.80. The van der Waals surface area contributed by atoms with Crippen molar-refractivity contribution in [1.82, 2.24) is 0 Å². The second-order valence-electron chi connectivity index (χ2n) is 3.32. The Kier molecular flexibility index (Phi) is 5.72. The molecule has 1 N–H and O–H groups in total. The van der Waals surface area contributed by atoms with Gasteiger partial charge in [-0.2, -0.15) is 0 Å². The van der Waals surface area contributed by atoms with Crippen LogP contribution in [0.2, 0.25) is 0 Å². The van der Waals surface area contributed by atoms with Crippen LogP contribution in [-0.2, 0) is 18.9 Å². The molecule has 0 unspecified atom stereocenters. The van der Waals surface area contributed by atoms with Crippen LogP contribution in [0.15, 0.2) is 0 Å². The maximum atomic E-state index is 9.70. The molecule has 0 saturated carbocycles. The molecule has 0 aliphatic carbocycles. The van der Waals surface area contributed by atoms with E-state index in [1.807, 2.05) is 0 Å². The lowest BCUT2D eigenvalue weighted by Gasteiger charge is -2.42. The fraction of sp³-hybridized carbons (Fsp3) is 1.00. The van der Waals surface area contributed by atoms with Crippen molar-refractivity contribution < 1.29 is 24.1 Å². The lowest BCUT2D eigenvalue weighted by Crippen LogP contribution is -2.59. The lowest BCUT2D eigenvalue weighted by molar-refractivity contribution is -0.289. The molecule has 0 amide bonds. The van der Waals surface area contributed by atoms with E-state index in [1.54, 1.807) is 14.2 Å². The molecule has 0 aromatic rings. The Morgan fingerprint density at radius 2 is 1.60 bits per heavy atom. The van der Waals surface area contributed by atoms with Crippen LogP contribution in [-0.4, -0.2) is 61.6 Å². The summed E-state index contributed by atoms with van der Waals surface area (Å²) in [6.45, 7) is 0. The number of rotatable bonds is 4. The van der Waals surface area contributed by atoms with Crippen LogP contribution in [0.4, 0.5) is 0 Å². The largest absolute Gasteiger partial charge is 0.376 e. The van der Waals surface area contributed by atoms with Crippen molar-refractivity contribution in [2.45, 2.75) is 30.7 Å². The van der Waals surface area contributed by atoms with E-state index in [-0.39, 0.29) is 18.3 Å². The Hall–Kier alpha value is 0.530. The highest BCUT2D eigenvalue weighted by atomic mass is 127. The molecule has 1 fully saturated rings. The second-order valence-corrected chi connectivity index (χ2v) is 4.20. The molecule has 1 aliphatic heterocycles. The van der Waals surface area contributed by atoms with Gasteiger partial charge in [0, 0.05) is 25.8 Å². The van der Waals surface area contributed by atoms with Crippen LogP contribution < -0.4 is 0 Å². The molecule has 5 atom stereocenters. The van der Waals surface area contributed by atoms with Gasteiger partial charge in [0.1, 0.15) is 18.3 Å². The van der Waals surface area contributed by atoms with E-state index in [4.69, 9.17) is 18.9 Å². The highest BCUT2D eigenvalue weighted by Gasteiger charge is 2.45. The summed E-state index contributed by atoms with van der Waals surface area (Å²) in [5, 5.41) is 9.70. The maximum Gasteiger partial charge on any atom is 0.184 e. The van der Waals surface area contributed by atoms with Gasteiger partial charge in [0.25, 0.3) is 0 Å². The summed E-state index contributed by atoms with van der Waals surface area (Å²) in [4.78, 5) is 0. The molecule has 6 heteroatoms. The van der Waals surface area contributed by atoms with Gasteiger partial charge in [0.2, 0.25) is 0 Å². The average molecular weight is 332 g/mol. The van der Waals surface area contributed by atoms with Crippen LogP contribution in [0.3, 0.4) is 0 Å². The fourth-order valence-corrected chi connectivity index (χ4v) is 2.53. The molecule has 5 nitrogen and oxygen atoms in total. The normalized spacial score (nSPS) is 41.8. The number of methoxy groups -OCH3 is 3. The first-order chi connectivity index (χ1) is 7.19. The van der Waals surface area contributed by atoms with E-state index in [1.165, 1.54) is 7.11 Å². The number of aliphatic hydroxyl groups is 1. The zero-order valence-corrected chi connectivity index (χ0v) is 11.2. The van der Waals surface area contributed by atoms with Gasteiger partial charge in [-0.05, 0) is 0 Å². The molecule has 15 heavy (non-hydrogen) atoms. The first-order valence-electron chi connectivity index (χ1n) is 4.67. The first-order valence-corrected chi connectivity index (χ1v) is 6.20. The number of ether oxygens (including phenoxy) is 4. The summed E-state index contributed by atoms with van der Waals surface area (Å²) in [6, 6.07) is 0. The molecular formula is C9H17IO5. The van der Waals surface area contributed by atoms with E-state index in [0.29, 0.717) is 0 Å². The van der Waals surface area contributed by atoms with Gasteiger partial charge in [-0.15, -0.1) is 0 Å². The van der Waals surface area contributed by atoms with Gasteiger partial charge < -0.3 is 24.1 Å². The number of halogens is 1. The Bertz CT molecular complexity index is 191. The van der Waals surface area contributed by atoms with E-state index >= 15 is 0 Å². The van der Waals surface area contributed by atoms with Crippen molar-refractivity contribution in [1.29, 1.82) is 0 Å². The molecule has 0 aromatic heterocycles. The van der Waals surface area contributed by atoms with Crippen molar-refractivity contribution in [2.24, 2.45) is 0 Å².